The van der Waals surface area contributed by atoms with Crippen LogP contribution in [0.3, 0.4) is 0 Å². The minimum absolute atomic E-state index is 0.160. The maximum absolute atomic E-state index is 12.3. The first-order valence-electron chi connectivity index (χ1n) is 7.33. The summed E-state index contributed by atoms with van der Waals surface area (Å²) in [7, 11) is 0. The maximum Gasteiger partial charge on any atom is 0.347 e. The molecule has 0 aliphatic carbocycles. The Morgan fingerprint density at radius 2 is 2.12 bits per heavy atom. The zero-order valence-corrected chi connectivity index (χ0v) is 15.9. The number of alkyl halides is 1. The number of hydrogen-bond acceptors (Lipinski definition) is 8. The number of nitrogens with zero attached hydrogens (tertiary/aromatic N) is 2. The number of amidine groups is 1. The van der Waals surface area contributed by atoms with Crippen molar-refractivity contribution in [2.45, 2.75) is 33.0 Å². The SMILES string of the molecule is CC(C)OC(=O)[C@H](C)OC(=O)C1=C(CBr)NC(c2nccs2)=NC1. The number of rotatable bonds is 6. The first kappa shape index (κ1) is 18.6. The Morgan fingerprint density at radius 1 is 1.38 bits per heavy atom. The van der Waals surface area contributed by atoms with Crippen molar-refractivity contribution in [3.8, 4) is 0 Å². The van der Waals surface area contributed by atoms with Crippen LogP contribution < -0.4 is 5.32 Å². The molecule has 130 valence electrons. The van der Waals surface area contributed by atoms with Gasteiger partial charge in [-0.1, -0.05) is 15.9 Å². The van der Waals surface area contributed by atoms with E-state index in [9.17, 15) is 9.59 Å². The van der Waals surface area contributed by atoms with E-state index in [1.54, 1.807) is 20.0 Å². The van der Waals surface area contributed by atoms with Crippen molar-refractivity contribution in [2.24, 2.45) is 4.99 Å². The summed E-state index contributed by atoms with van der Waals surface area (Å²) in [5.41, 5.74) is 1.01. The van der Waals surface area contributed by atoms with Crippen LogP contribution in [0.4, 0.5) is 0 Å². The van der Waals surface area contributed by atoms with Gasteiger partial charge in [0.25, 0.3) is 0 Å². The van der Waals surface area contributed by atoms with E-state index in [1.165, 1.54) is 18.3 Å². The maximum atomic E-state index is 12.3. The molecule has 1 aromatic heterocycles. The Kier molecular flexibility index (Phi) is 6.50. The van der Waals surface area contributed by atoms with Gasteiger partial charge < -0.3 is 14.8 Å². The summed E-state index contributed by atoms with van der Waals surface area (Å²) in [6.07, 6.45) is 0.444. The van der Waals surface area contributed by atoms with Gasteiger partial charge in [-0.2, -0.15) is 0 Å². The van der Waals surface area contributed by atoms with E-state index in [-0.39, 0.29) is 12.6 Å². The summed E-state index contributed by atoms with van der Waals surface area (Å²) in [5, 5.41) is 6.10. The first-order valence-corrected chi connectivity index (χ1v) is 9.33. The summed E-state index contributed by atoms with van der Waals surface area (Å²) >= 11 is 4.80. The fourth-order valence-electron chi connectivity index (χ4n) is 1.88. The molecule has 0 fully saturated rings. The number of carbonyl (C=O) groups excluding carboxylic acids is 2. The van der Waals surface area contributed by atoms with Gasteiger partial charge in [-0.3, -0.25) is 4.99 Å². The number of esters is 2. The molecule has 0 saturated heterocycles. The molecular formula is C15H18BrN3O4S. The van der Waals surface area contributed by atoms with E-state index in [2.05, 4.69) is 31.2 Å². The molecule has 1 aliphatic rings. The van der Waals surface area contributed by atoms with Crippen molar-refractivity contribution in [1.29, 1.82) is 0 Å². The Labute approximate surface area is 152 Å². The van der Waals surface area contributed by atoms with E-state index in [4.69, 9.17) is 9.47 Å². The number of allylic oxidation sites excluding steroid dienone is 1. The zero-order chi connectivity index (χ0) is 17.7. The Balaban J connectivity index is 2.04. The monoisotopic (exact) mass is 415 g/mol. The molecule has 0 aromatic carbocycles. The Bertz CT molecular complexity index is 670. The third-order valence-electron chi connectivity index (χ3n) is 3.01. The van der Waals surface area contributed by atoms with Crippen molar-refractivity contribution < 1.29 is 19.1 Å². The number of aliphatic imine (C=N–C) groups is 1. The van der Waals surface area contributed by atoms with Gasteiger partial charge in [-0.05, 0) is 20.8 Å². The normalized spacial score (nSPS) is 15.6. The summed E-state index contributed by atoms with van der Waals surface area (Å²) in [4.78, 5) is 32.6. The minimum atomic E-state index is -0.978. The van der Waals surface area contributed by atoms with Crippen molar-refractivity contribution >= 4 is 45.0 Å². The third-order valence-corrected chi connectivity index (χ3v) is 4.35. The number of halogens is 1. The van der Waals surface area contributed by atoms with Gasteiger partial charge in [0.1, 0.15) is 0 Å². The van der Waals surface area contributed by atoms with Gasteiger partial charge in [0.05, 0.1) is 18.2 Å². The molecule has 2 rings (SSSR count). The lowest BCUT2D eigenvalue weighted by molar-refractivity contribution is -0.167. The highest BCUT2D eigenvalue weighted by molar-refractivity contribution is 9.09. The molecular weight excluding hydrogens is 398 g/mol. The quantitative estimate of drug-likeness (QED) is 0.564. The number of aromatic nitrogens is 1. The molecule has 1 aliphatic heterocycles. The molecule has 1 aromatic rings. The average molecular weight is 416 g/mol. The molecule has 1 N–H and O–H groups in total. The molecule has 0 saturated carbocycles. The van der Waals surface area contributed by atoms with E-state index in [0.29, 0.717) is 22.4 Å². The van der Waals surface area contributed by atoms with Crippen LogP contribution in [0.1, 0.15) is 25.8 Å². The van der Waals surface area contributed by atoms with Crippen LogP contribution >= 0.6 is 27.3 Å². The van der Waals surface area contributed by atoms with Crippen LogP contribution in [-0.2, 0) is 19.1 Å². The molecule has 7 nitrogen and oxygen atoms in total. The van der Waals surface area contributed by atoms with Crippen LogP contribution in [0.2, 0.25) is 0 Å². The number of thiazole rings is 1. The lowest BCUT2D eigenvalue weighted by Gasteiger charge is -2.21. The standard InChI is InChI=1S/C15H18BrN3O4S/c1-8(2)22-14(20)9(3)23-15(21)10-7-18-12(19-11(10)6-16)13-17-4-5-24-13/h4-5,8-9H,6-7H2,1-3H3,(H,18,19)/t9-/m0/s1. The van der Waals surface area contributed by atoms with Crippen LogP contribution in [0.25, 0.3) is 0 Å². The Hall–Kier alpha value is -1.74. The highest BCUT2D eigenvalue weighted by Crippen LogP contribution is 2.17. The highest BCUT2D eigenvalue weighted by Gasteiger charge is 2.27. The molecule has 1 atom stereocenters. The van der Waals surface area contributed by atoms with E-state index in [0.717, 1.165) is 5.01 Å². The molecule has 0 radical (unpaired) electrons. The smallest absolute Gasteiger partial charge is 0.347 e. The average Bonchev–Trinajstić information content (AvgIpc) is 3.07. The lowest BCUT2D eigenvalue weighted by Crippen LogP contribution is -2.35. The summed E-state index contributed by atoms with van der Waals surface area (Å²) < 4.78 is 10.2. The predicted octanol–water partition coefficient (Wildman–Crippen LogP) is 2.03. The van der Waals surface area contributed by atoms with Crippen LogP contribution in [0.5, 0.6) is 0 Å². The second-order valence-electron chi connectivity index (χ2n) is 5.25. The molecule has 24 heavy (non-hydrogen) atoms. The van der Waals surface area contributed by atoms with Gasteiger partial charge in [0, 0.05) is 22.6 Å². The van der Waals surface area contributed by atoms with Crippen molar-refractivity contribution in [1.82, 2.24) is 10.3 Å². The number of nitrogens with one attached hydrogen (secondary N) is 1. The molecule has 0 amide bonds. The van der Waals surface area contributed by atoms with Gasteiger partial charge in [0.15, 0.2) is 16.9 Å². The summed E-state index contributed by atoms with van der Waals surface area (Å²) in [6, 6.07) is 0. The molecule has 0 unspecified atom stereocenters. The van der Waals surface area contributed by atoms with Gasteiger partial charge >= 0.3 is 11.9 Å². The molecule has 0 bridgehead atoms. The van der Waals surface area contributed by atoms with E-state index >= 15 is 0 Å². The van der Waals surface area contributed by atoms with Crippen LogP contribution in [0.15, 0.2) is 27.8 Å². The largest absolute Gasteiger partial charge is 0.460 e. The van der Waals surface area contributed by atoms with Crippen molar-refractivity contribution in [2.75, 3.05) is 11.9 Å². The van der Waals surface area contributed by atoms with E-state index in [1.807, 2.05) is 5.38 Å². The number of ether oxygens (including phenoxy) is 2. The summed E-state index contributed by atoms with van der Waals surface area (Å²) in [5.74, 6) is -0.551. The highest BCUT2D eigenvalue weighted by atomic mass is 79.9. The second kappa shape index (κ2) is 8.39. The van der Waals surface area contributed by atoms with Crippen LogP contribution in [-0.4, -0.2) is 46.8 Å². The molecule has 0 spiro atoms. The summed E-state index contributed by atoms with van der Waals surface area (Å²) in [6.45, 7) is 5.11. The topological polar surface area (TPSA) is 89.9 Å². The Morgan fingerprint density at radius 3 is 2.71 bits per heavy atom. The number of hydrogen-bond donors (Lipinski definition) is 1. The second-order valence-corrected chi connectivity index (χ2v) is 6.71. The van der Waals surface area contributed by atoms with Crippen molar-refractivity contribution in [3.05, 3.63) is 27.9 Å². The molecule has 9 heteroatoms. The first-order chi connectivity index (χ1) is 11.4. The fraction of sp³-hybridized carbons (Fsp3) is 0.467. The van der Waals surface area contributed by atoms with Crippen LogP contribution in [0, 0.1) is 0 Å². The fourth-order valence-corrected chi connectivity index (χ4v) is 2.96. The minimum Gasteiger partial charge on any atom is -0.460 e. The van der Waals surface area contributed by atoms with Gasteiger partial charge in [-0.15, -0.1) is 11.3 Å². The van der Waals surface area contributed by atoms with Gasteiger partial charge in [0.2, 0.25) is 0 Å². The third kappa shape index (κ3) is 4.64. The van der Waals surface area contributed by atoms with E-state index < -0.39 is 18.0 Å². The van der Waals surface area contributed by atoms with Crippen molar-refractivity contribution in [3.63, 3.8) is 0 Å². The van der Waals surface area contributed by atoms with Gasteiger partial charge in [-0.25, -0.2) is 14.6 Å². The zero-order valence-electron chi connectivity index (χ0n) is 13.5. The molecule has 2 heterocycles. The number of carbonyl (C=O) groups is 2. The lowest BCUT2D eigenvalue weighted by atomic mass is 10.2. The predicted molar refractivity (Wildman–Crippen MR) is 94.3 cm³/mol.